The molecule has 0 radical (unpaired) electrons. The Labute approximate surface area is 122 Å². The molecule has 6 heteroatoms. The van der Waals surface area contributed by atoms with Crippen LogP contribution in [0.3, 0.4) is 0 Å². The summed E-state index contributed by atoms with van der Waals surface area (Å²) in [7, 11) is 1.41. The monoisotopic (exact) mass is 290 g/mol. The van der Waals surface area contributed by atoms with E-state index in [9.17, 15) is 9.59 Å². The number of carboxylic acid groups (broad SMARTS) is 1. The zero-order valence-electron chi connectivity index (χ0n) is 11.8. The average Bonchev–Trinajstić information content (AvgIpc) is 3.09. The summed E-state index contributed by atoms with van der Waals surface area (Å²) >= 11 is 0. The highest BCUT2D eigenvalue weighted by Gasteiger charge is 2.42. The normalized spacial score (nSPS) is 26.6. The number of rotatable bonds is 4. The molecule has 21 heavy (non-hydrogen) atoms. The van der Waals surface area contributed by atoms with E-state index < -0.39 is 5.97 Å². The molecule has 2 saturated heterocycles. The summed E-state index contributed by atoms with van der Waals surface area (Å²) in [5.41, 5.74) is 0.640. The third-order valence-corrected chi connectivity index (χ3v) is 4.34. The molecule has 0 spiro atoms. The first-order valence-electron chi connectivity index (χ1n) is 7.06. The number of nitrogens with one attached hydrogen (secondary N) is 2. The molecule has 0 aromatic heterocycles. The Morgan fingerprint density at radius 2 is 2.19 bits per heavy atom. The molecular formula is C15H18N2O4. The van der Waals surface area contributed by atoms with Crippen molar-refractivity contribution in [3.63, 3.8) is 0 Å². The highest BCUT2D eigenvalue weighted by Crippen LogP contribution is 2.34. The number of methoxy groups -OCH3 is 1. The second-order valence-corrected chi connectivity index (χ2v) is 5.60. The fourth-order valence-electron chi connectivity index (χ4n) is 3.29. The molecule has 3 atom stereocenters. The molecule has 2 heterocycles. The molecule has 2 fully saturated rings. The van der Waals surface area contributed by atoms with E-state index in [1.165, 1.54) is 13.2 Å². The zero-order valence-corrected chi connectivity index (χ0v) is 11.8. The van der Waals surface area contributed by atoms with E-state index in [1.807, 2.05) is 0 Å². The van der Waals surface area contributed by atoms with Crippen LogP contribution in [-0.2, 0) is 4.79 Å². The Balaban J connectivity index is 1.73. The molecule has 2 aliphatic heterocycles. The van der Waals surface area contributed by atoms with Crippen molar-refractivity contribution in [2.75, 3.05) is 12.4 Å². The summed E-state index contributed by atoms with van der Waals surface area (Å²) in [5.74, 6) is -0.831. The number of anilines is 1. The summed E-state index contributed by atoms with van der Waals surface area (Å²) in [6.07, 6.45) is 3.07. The van der Waals surface area contributed by atoms with Crippen molar-refractivity contribution in [3.8, 4) is 5.75 Å². The van der Waals surface area contributed by atoms with Crippen LogP contribution in [0.5, 0.6) is 5.75 Å². The van der Waals surface area contributed by atoms with Gasteiger partial charge in [0.25, 0.3) is 0 Å². The third kappa shape index (κ3) is 2.58. The van der Waals surface area contributed by atoms with E-state index in [2.05, 4.69) is 10.6 Å². The number of aromatic carboxylic acids is 1. The van der Waals surface area contributed by atoms with Crippen LogP contribution in [0.4, 0.5) is 5.69 Å². The summed E-state index contributed by atoms with van der Waals surface area (Å²) in [4.78, 5) is 23.3. The SMILES string of the molecule is COc1cc(NC(=O)C2CC3CCC2N3)ccc1C(=O)O. The Kier molecular flexibility index (Phi) is 3.55. The standard InChI is InChI=1S/C15H18N2O4/c1-21-13-7-9(2-4-10(13)15(19)20)17-14(18)11-6-8-3-5-12(11)16-8/h2,4,7-8,11-12,16H,3,5-6H2,1H3,(H,17,18)(H,19,20). The van der Waals surface area contributed by atoms with Crippen molar-refractivity contribution < 1.29 is 19.4 Å². The van der Waals surface area contributed by atoms with Gasteiger partial charge in [0.05, 0.1) is 13.0 Å². The molecule has 1 aromatic rings. The van der Waals surface area contributed by atoms with Gasteiger partial charge in [0, 0.05) is 23.8 Å². The fraction of sp³-hybridized carbons (Fsp3) is 0.467. The fourth-order valence-corrected chi connectivity index (χ4v) is 3.29. The molecular weight excluding hydrogens is 272 g/mol. The number of fused-ring (bicyclic) bond motifs is 2. The lowest BCUT2D eigenvalue weighted by Gasteiger charge is -2.19. The second kappa shape index (κ2) is 5.37. The van der Waals surface area contributed by atoms with Crippen LogP contribution in [0.1, 0.15) is 29.6 Å². The van der Waals surface area contributed by atoms with E-state index >= 15 is 0 Å². The number of benzene rings is 1. The van der Waals surface area contributed by atoms with Gasteiger partial charge in [0.15, 0.2) is 0 Å². The van der Waals surface area contributed by atoms with Gasteiger partial charge in [-0.3, -0.25) is 4.79 Å². The Hall–Kier alpha value is -2.08. The van der Waals surface area contributed by atoms with E-state index in [1.54, 1.807) is 12.1 Å². The summed E-state index contributed by atoms with van der Waals surface area (Å²) < 4.78 is 5.06. The van der Waals surface area contributed by atoms with E-state index in [-0.39, 0.29) is 29.2 Å². The summed E-state index contributed by atoms with van der Waals surface area (Å²) in [6.45, 7) is 0. The minimum atomic E-state index is -1.05. The first kappa shape index (κ1) is 13.9. The molecule has 2 aliphatic rings. The Bertz CT molecular complexity index is 587. The maximum Gasteiger partial charge on any atom is 0.339 e. The Morgan fingerprint density at radius 3 is 2.76 bits per heavy atom. The van der Waals surface area contributed by atoms with Crippen LogP contribution in [0, 0.1) is 5.92 Å². The minimum Gasteiger partial charge on any atom is -0.496 e. The average molecular weight is 290 g/mol. The van der Waals surface area contributed by atoms with Crippen LogP contribution in [0.2, 0.25) is 0 Å². The number of amides is 1. The molecule has 0 saturated carbocycles. The number of carbonyl (C=O) groups excluding carboxylic acids is 1. The maximum absolute atomic E-state index is 12.3. The third-order valence-electron chi connectivity index (χ3n) is 4.34. The van der Waals surface area contributed by atoms with Crippen molar-refractivity contribution in [1.29, 1.82) is 0 Å². The van der Waals surface area contributed by atoms with Gasteiger partial charge in [0.1, 0.15) is 11.3 Å². The van der Waals surface area contributed by atoms with Gasteiger partial charge in [-0.05, 0) is 31.4 Å². The van der Waals surface area contributed by atoms with Crippen LogP contribution >= 0.6 is 0 Å². The van der Waals surface area contributed by atoms with Crippen molar-refractivity contribution >= 4 is 17.6 Å². The van der Waals surface area contributed by atoms with Gasteiger partial charge in [-0.25, -0.2) is 4.79 Å². The first-order chi connectivity index (χ1) is 10.1. The molecule has 6 nitrogen and oxygen atoms in total. The molecule has 2 bridgehead atoms. The predicted molar refractivity (Wildman–Crippen MR) is 76.6 cm³/mol. The smallest absolute Gasteiger partial charge is 0.339 e. The summed E-state index contributed by atoms with van der Waals surface area (Å²) in [5, 5.41) is 15.3. The van der Waals surface area contributed by atoms with Crippen molar-refractivity contribution in [1.82, 2.24) is 5.32 Å². The van der Waals surface area contributed by atoms with E-state index in [0.717, 1.165) is 19.3 Å². The van der Waals surface area contributed by atoms with Gasteiger partial charge in [0.2, 0.25) is 5.91 Å². The number of carbonyl (C=O) groups is 2. The molecule has 1 amide bonds. The lowest BCUT2D eigenvalue weighted by Crippen LogP contribution is -2.32. The van der Waals surface area contributed by atoms with Crippen molar-refractivity contribution in [2.24, 2.45) is 5.92 Å². The molecule has 0 aliphatic carbocycles. The number of carboxylic acids is 1. The summed E-state index contributed by atoms with van der Waals surface area (Å²) in [6, 6.07) is 5.31. The van der Waals surface area contributed by atoms with Crippen molar-refractivity contribution in [3.05, 3.63) is 23.8 Å². The minimum absolute atomic E-state index is 0.00565. The van der Waals surface area contributed by atoms with Gasteiger partial charge in [-0.15, -0.1) is 0 Å². The van der Waals surface area contributed by atoms with E-state index in [4.69, 9.17) is 9.84 Å². The highest BCUT2D eigenvalue weighted by molar-refractivity contribution is 5.96. The number of ether oxygens (including phenoxy) is 1. The van der Waals surface area contributed by atoms with Crippen LogP contribution in [0.25, 0.3) is 0 Å². The second-order valence-electron chi connectivity index (χ2n) is 5.60. The number of hydrogen-bond donors (Lipinski definition) is 3. The van der Waals surface area contributed by atoms with Gasteiger partial charge in [-0.2, -0.15) is 0 Å². The lowest BCUT2D eigenvalue weighted by atomic mass is 9.88. The highest BCUT2D eigenvalue weighted by atomic mass is 16.5. The topological polar surface area (TPSA) is 87.7 Å². The van der Waals surface area contributed by atoms with Gasteiger partial charge >= 0.3 is 5.97 Å². The molecule has 3 N–H and O–H groups in total. The van der Waals surface area contributed by atoms with Crippen molar-refractivity contribution in [2.45, 2.75) is 31.3 Å². The molecule has 3 unspecified atom stereocenters. The molecule has 1 aromatic carbocycles. The van der Waals surface area contributed by atoms with Crippen LogP contribution in [0.15, 0.2) is 18.2 Å². The van der Waals surface area contributed by atoms with Gasteiger partial charge in [-0.1, -0.05) is 0 Å². The lowest BCUT2D eigenvalue weighted by molar-refractivity contribution is -0.120. The number of hydrogen-bond acceptors (Lipinski definition) is 4. The zero-order chi connectivity index (χ0) is 15.0. The van der Waals surface area contributed by atoms with Crippen LogP contribution in [-0.4, -0.2) is 36.2 Å². The Morgan fingerprint density at radius 1 is 1.38 bits per heavy atom. The molecule has 112 valence electrons. The quantitative estimate of drug-likeness (QED) is 0.781. The largest absolute Gasteiger partial charge is 0.496 e. The predicted octanol–water partition coefficient (Wildman–Crippen LogP) is 1.47. The maximum atomic E-state index is 12.3. The van der Waals surface area contributed by atoms with Gasteiger partial charge < -0.3 is 20.5 Å². The van der Waals surface area contributed by atoms with E-state index in [0.29, 0.717) is 11.7 Å². The van der Waals surface area contributed by atoms with Crippen LogP contribution < -0.4 is 15.4 Å². The first-order valence-corrected chi connectivity index (χ1v) is 7.06. The molecule has 3 rings (SSSR count).